The Morgan fingerprint density at radius 2 is 1.82 bits per heavy atom. The quantitative estimate of drug-likeness (QED) is 0.440. The van der Waals surface area contributed by atoms with E-state index in [1.807, 2.05) is 6.92 Å². The molecule has 0 bridgehead atoms. The molecule has 9 nitrogen and oxygen atoms in total. The lowest BCUT2D eigenvalue weighted by Gasteiger charge is -2.14. The molecule has 3 aromatic rings. The first-order valence-corrected chi connectivity index (χ1v) is 11.5. The standard InChI is InChI=1S/C22H25N5O4S.ClH/c1-3-16-4-6-18(7-5-16)32(30,31)26-27-11-9-15(2)19(22(27)29)13-21(28)25-14-17-8-10-24-20(23)12-17;/h4-12,26H,3,13-14H2,1-2H3,(H2,23,24)(H,25,28);1H. The molecule has 33 heavy (non-hydrogen) atoms. The van der Waals surface area contributed by atoms with Gasteiger partial charge in [-0.05, 0) is 60.4 Å². The fraction of sp³-hybridized carbons (Fsp3) is 0.227. The Hall–Kier alpha value is -3.37. The topological polar surface area (TPSA) is 136 Å². The highest BCUT2D eigenvalue weighted by atomic mass is 35.5. The highest BCUT2D eigenvalue weighted by Crippen LogP contribution is 2.12. The Kier molecular flexibility index (Phi) is 8.61. The summed E-state index contributed by atoms with van der Waals surface area (Å²) in [6.07, 6.45) is 3.46. The summed E-state index contributed by atoms with van der Waals surface area (Å²) in [5.41, 5.74) is 7.57. The van der Waals surface area contributed by atoms with Gasteiger partial charge in [0.2, 0.25) is 5.91 Å². The maximum absolute atomic E-state index is 12.9. The first-order chi connectivity index (χ1) is 15.2. The van der Waals surface area contributed by atoms with E-state index in [9.17, 15) is 18.0 Å². The number of amides is 1. The van der Waals surface area contributed by atoms with Gasteiger partial charge in [0.05, 0.1) is 11.3 Å². The van der Waals surface area contributed by atoms with Crippen LogP contribution in [0.2, 0.25) is 0 Å². The van der Waals surface area contributed by atoms with Crippen molar-refractivity contribution in [2.75, 3.05) is 10.6 Å². The lowest BCUT2D eigenvalue weighted by molar-refractivity contribution is -0.120. The molecule has 0 unspecified atom stereocenters. The number of nitrogens with two attached hydrogens (primary N) is 1. The van der Waals surface area contributed by atoms with Crippen LogP contribution < -0.4 is 21.4 Å². The average Bonchev–Trinajstić information content (AvgIpc) is 2.77. The third-order valence-electron chi connectivity index (χ3n) is 4.96. The number of aromatic nitrogens is 2. The number of hydrogen-bond donors (Lipinski definition) is 3. The van der Waals surface area contributed by atoms with Crippen molar-refractivity contribution in [3.8, 4) is 0 Å². The summed E-state index contributed by atoms with van der Waals surface area (Å²) in [5.74, 6) is -0.0356. The summed E-state index contributed by atoms with van der Waals surface area (Å²) in [6.45, 7) is 3.89. The van der Waals surface area contributed by atoms with Crippen LogP contribution in [-0.4, -0.2) is 24.0 Å². The number of rotatable bonds is 8. The van der Waals surface area contributed by atoms with Gasteiger partial charge in [-0.2, -0.15) is 8.42 Å². The van der Waals surface area contributed by atoms with E-state index in [4.69, 9.17) is 5.73 Å². The van der Waals surface area contributed by atoms with Gasteiger partial charge in [-0.15, -0.1) is 12.4 Å². The molecule has 4 N–H and O–H groups in total. The van der Waals surface area contributed by atoms with Gasteiger partial charge in [0.25, 0.3) is 15.6 Å². The number of sulfonamides is 1. The second-order valence-electron chi connectivity index (χ2n) is 7.29. The average molecular weight is 492 g/mol. The number of carbonyl (C=O) groups is 1. The van der Waals surface area contributed by atoms with Gasteiger partial charge in [0, 0.05) is 24.5 Å². The summed E-state index contributed by atoms with van der Waals surface area (Å²) < 4.78 is 26.3. The highest BCUT2D eigenvalue weighted by Gasteiger charge is 2.18. The summed E-state index contributed by atoms with van der Waals surface area (Å²) in [4.78, 5) is 31.5. The normalized spacial score (nSPS) is 10.8. The molecule has 0 saturated heterocycles. The highest BCUT2D eigenvalue weighted by molar-refractivity contribution is 7.92. The van der Waals surface area contributed by atoms with Crippen LogP contribution in [-0.2, 0) is 34.2 Å². The minimum absolute atomic E-state index is 0. The van der Waals surface area contributed by atoms with Gasteiger partial charge < -0.3 is 11.1 Å². The minimum Gasteiger partial charge on any atom is -0.384 e. The Labute approximate surface area is 198 Å². The van der Waals surface area contributed by atoms with Crippen molar-refractivity contribution >= 4 is 34.2 Å². The van der Waals surface area contributed by atoms with Gasteiger partial charge in [0.15, 0.2) is 0 Å². The van der Waals surface area contributed by atoms with Crippen LogP contribution in [0.15, 0.2) is 64.5 Å². The fourth-order valence-corrected chi connectivity index (χ4v) is 4.07. The molecule has 2 heterocycles. The van der Waals surface area contributed by atoms with E-state index in [2.05, 4.69) is 15.1 Å². The van der Waals surface area contributed by atoms with E-state index in [1.165, 1.54) is 18.3 Å². The smallest absolute Gasteiger partial charge is 0.275 e. The van der Waals surface area contributed by atoms with Crippen LogP contribution in [0.5, 0.6) is 0 Å². The van der Waals surface area contributed by atoms with Gasteiger partial charge >= 0.3 is 0 Å². The third-order valence-corrected chi connectivity index (χ3v) is 6.29. The molecular formula is C22H26ClN5O4S. The summed E-state index contributed by atoms with van der Waals surface area (Å²) >= 11 is 0. The van der Waals surface area contributed by atoms with E-state index in [1.54, 1.807) is 43.5 Å². The molecule has 0 saturated carbocycles. The molecule has 0 atom stereocenters. The molecule has 11 heteroatoms. The number of carbonyl (C=O) groups excluding carboxylic acids is 1. The molecule has 0 radical (unpaired) electrons. The lowest BCUT2D eigenvalue weighted by atomic mass is 10.1. The number of nitrogens with zero attached hydrogens (tertiary/aromatic N) is 2. The zero-order chi connectivity index (χ0) is 23.3. The van der Waals surface area contributed by atoms with E-state index in [0.717, 1.165) is 22.2 Å². The first kappa shape index (κ1) is 25.9. The molecule has 0 aliphatic carbocycles. The number of anilines is 1. The number of aryl methyl sites for hydroxylation is 2. The SMILES string of the molecule is CCc1ccc(S(=O)(=O)Nn2ccc(C)c(CC(=O)NCc3ccnc(N)c3)c2=O)cc1.Cl. The van der Waals surface area contributed by atoms with Crippen LogP contribution in [0.4, 0.5) is 5.82 Å². The Morgan fingerprint density at radius 1 is 1.12 bits per heavy atom. The van der Waals surface area contributed by atoms with Gasteiger partial charge in [0.1, 0.15) is 5.82 Å². The molecular weight excluding hydrogens is 466 g/mol. The number of pyridine rings is 2. The molecule has 0 spiro atoms. The number of halogens is 1. The second kappa shape index (κ2) is 11.0. The van der Waals surface area contributed by atoms with Gasteiger partial charge in [-0.3, -0.25) is 9.59 Å². The van der Waals surface area contributed by atoms with Crippen molar-refractivity contribution in [3.63, 3.8) is 0 Å². The maximum Gasteiger partial charge on any atom is 0.275 e. The zero-order valence-corrected chi connectivity index (χ0v) is 19.9. The first-order valence-electron chi connectivity index (χ1n) is 9.99. The lowest BCUT2D eigenvalue weighted by Crippen LogP contribution is -2.36. The molecule has 176 valence electrons. The Bertz CT molecular complexity index is 1290. The van der Waals surface area contributed by atoms with Crippen LogP contribution >= 0.6 is 12.4 Å². The molecule has 0 fully saturated rings. The molecule has 1 amide bonds. The predicted octanol–water partition coefficient (Wildman–Crippen LogP) is 1.91. The number of nitrogens with one attached hydrogen (secondary N) is 2. The van der Waals surface area contributed by atoms with Crippen molar-refractivity contribution in [1.82, 2.24) is 15.0 Å². The van der Waals surface area contributed by atoms with Crippen molar-refractivity contribution in [2.24, 2.45) is 0 Å². The third kappa shape index (κ3) is 6.56. The van der Waals surface area contributed by atoms with Crippen LogP contribution in [0, 0.1) is 6.92 Å². The van der Waals surface area contributed by atoms with Crippen molar-refractivity contribution in [2.45, 2.75) is 38.1 Å². The largest absolute Gasteiger partial charge is 0.384 e. The number of benzene rings is 1. The minimum atomic E-state index is -3.97. The predicted molar refractivity (Wildman–Crippen MR) is 129 cm³/mol. The summed E-state index contributed by atoms with van der Waals surface area (Å²) in [6, 6.07) is 11.4. The number of hydrogen-bond acceptors (Lipinski definition) is 6. The van der Waals surface area contributed by atoms with Gasteiger partial charge in [-0.1, -0.05) is 19.1 Å². The van der Waals surface area contributed by atoms with E-state index >= 15 is 0 Å². The van der Waals surface area contributed by atoms with Crippen molar-refractivity contribution < 1.29 is 13.2 Å². The Balaban J connectivity index is 0.00000385. The second-order valence-corrected chi connectivity index (χ2v) is 8.95. The van der Waals surface area contributed by atoms with Crippen molar-refractivity contribution in [3.05, 3.63) is 87.5 Å². The molecule has 0 aliphatic rings. The van der Waals surface area contributed by atoms with E-state index in [-0.39, 0.29) is 41.7 Å². The molecule has 1 aromatic carbocycles. The zero-order valence-electron chi connectivity index (χ0n) is 18.2. The van der Waals surface area contributed by atoms with Crippen LogP contribution in [0.25, 0.3) is 0 Å². The maximum atomic E-state index is 12.9. The molecule has 0 aliphatic heterocycles. The number of nitrogen functional groups attached to an aromatic ring is 1. The van der Waals surface area contributed by atoms with E-state index < -0.39 is 15.6 Å². The summed E-state index contributed by atoms with van der Waals surface area (Å²) in [7, 11) is -3.97. The summed E-state index contributed by atoms with van der Waals surface area (Å²) in [5, 5.41) is 2.72. The molecule has 3 rings (SSSR count). The van der Waals surface area contributed by atoms with Crippen LogP contribution in [0.3, 0.4) is 0 Å². The van der Waals surface area contributed by atoms with Crippen molar-refractivity contribution in [1.29, 1.82) is 0 Å². The Morgan fingerprint density at radius 3 is 2.45 bits per heavy atom. The van der Waals surface area contributed by atoms with E-state index in [0.29, 0.717) is 11.4 Å². The fourth-order valence-electron chi connectivity index (χ4n) is 3.07. The monoisotopic (exact) mass is 491 g/mol. The van der Waals surface area contributed by atoms with Gasteiger partial charge in [-0.25, -0.2) is 14.5 Å². The van der Waals surface area contributed by atoms with Crippen LogP contribution in [0.1, 0.15) is 29.2 Å². The molecule has 2 aromatic heterocycles.